The molecule has 0 spiro atoms. The number of benzene rings is 2. The second-order valence-corrected chi connectivity index (χ2v) is 9.43. The smallest absolute Gasteiger partial charge is 0.309 e. The van der Waals surface area contributed by atoms with Gasteiger partial charge in [-0.1, -0.05) is 30.3 Å². The fraction of sp³-hybridized carbons (Fsp3) is 0.500. The summed E-state index contributed by atoms with van der Waals surface area (Å²) < 4.78 is 5.20. The lowest BCUT2D eigenvalue weighted by molar-refractivity contribution is -0.149. The first-order chi connectivity index (χ1) is 16.5. The highest BCUT2D eigenvalue weighted by Crippen LogP contribution is 2.27. The lowest BCUT2D eigenvalue weighted by atomic mass is 9.93. The number of carbonyl (C=O) groups excluding carboxylic acids is 2. The number of anilines is 1. The van der Waals surface area contributed by atoms with E-state index in [2.05, 4.69) is 27.2 Å². The fourth-order valence-corrected chi connectivity index (χ4v) is 5.18. The first kappa shape index (κ1) is 24.3. The molecule has 1 N–H and O–H groups in total. The molecule has 34 heavy (non-hydrogen) atoms. The van der Waals surface area contributed by atoms with Gasteiger partial charge in [0.2, 0.25) is 0 Å². The van der Waals surface area contributed by atoms with Crippen LogP contribution in [-0.2, 0) is 9.53 Å². The van der Waals surface area contributed by atoms with Crippen LogP contribution < -0.4 is 10.2 Å². The number of amides is 1. The molecule has 6 heteroatoms. The van der Waals surface area contributed by atoms with Crippen molar-refractivity contribution in [3.63, 3.8) is 0 Å². The first-order valence-corrected chi connectivity index (χ1v) is 12.7. The number of esters is 1. The second-order valence-electron chi connectivity index (χ2n) is 9.43. The quantitative estimate of drug-likeness (QED) is 0.616. The molecule has 182 valence electrons. The highest BCUT2D eigenvalue weighted by Gasteiger charge is 2.31. The molecule has 2 aromatic carbocycles. The third kappa shape index (κ3) is 5.98. The van der Waals surface area contributed by atoms with E-state index in [4.69, 9.17) is 4.74 Å². The Morgan fingerprint density at radius 2 is 1.59 bits per heavy atom. The first-order valence-electron chi connectivity index (χ1n) is 12.7. The van der Waals surface area contributed by atoms with Gasteiger partial charge >= 0.3 is 5.97 Å². The van der Waals surface area contributed by atoms with Gasteiger partial charge < -0.3 is 19.9 Å². The van der Waals surface area contributed by atoms with E-state index in [1.165, 1.54) is 5.69 Å². The Balaban J connectivity index is 1.24. The van der Waals surface area contributed by atoms with Crippen molar-refractivity contribution in [1.82, 2.24) is 10.2 Å². The minimum atomic E-state index is -0.0483. The minimum Gasteiger partial charge on any atom is -0.466 e. The standard InChI is InChI=1S/C28H37N3O3/c1-3-34-28(33)24-13-17-30(18-14-24)26-15-19-31(20-16-26)25-11-9-23(10-12-25)27(32)29-21(2)22-7-5-4-6-8-22/h4-12,21,24,26H,3,13-20H2,1-2H3,(H,29,32). The Morgan fingerprint density at radius 1 is 0.941 bits per heavy atom. The topological polar surface area (TPSA) is 61.9 Å². The maximum Gasteiger partial charge on any atom is 0.309 e. The van der Waals surface area contributed by atoms with Gasteiger partial charge in [-0.3, -0.25) is 9.59 Å². The van der Waals surface area contributed by atoms with Crippen LogP contribution in [0.15, 0.2) is 54.6 Å². The molecule has 0 saturated carbocycles. The summed E-state index contributed by atoms with van der Waals surface area (Å²) in [5.74, 6) is -0.000799. The Morgan fingerprint density at radius 3 is 2.21 bits per heavy atom. The monoisotopic (exact) mass is 463 g/mol. The molecule has 2 saturated heterocycles. The highest BCUT2D eigenvalue weighted by atomic mass is 16.5. The zero-order valence-electron chi connectivity index (χ0n) is 20.4. The van der Waals surface area contributed by atoms with Gasteiger partial charge in [-0.15, -0.1) is 0 Å². The average molecular weight is 464 g/mol. The zero-order chi connectivity index (χ0) is 23.9. The molecule has 0 bridgehead atoms. The van der Waals surface area contributed by atoms with Gasteiger partial charge in [-0.2, -0.15) is 0 Å². The van der Waals surface area contributed by atoms with Gasteiger partial charge in [0.25, 0.3) is 5.91 Å². The number of nitrogens with zero attached hydrogens (tertiary/aromatic N) is 2. The van der Waals surface area contributed by atoms with Gasteiger partial charge in [0, 0.05) is 30.4 Å². The Kier molecular flexibility index (Phi) is 8.22. The van der Waals surface area contributed by atoms with Crippen molar-refractivity contribution in [3.8, 4) is 0 Å². The molecular weight excluding hydrogens is 426 g/mol. The summed E-state index contributed by atoms with van der Waals surface area (Å²) in [4.78, 5) is 29.6. The van der Waals surface area contributed by atoms with Crippen molar-refractivity contribution in [2.75, 3.05) is 37.7 Å². The Labute approximate surface area is 203 Å². The van der Waals surface area contributed by atoms with Crippen LogP contribution >= 0.6 is 0 Å². The Bertz CT molecular complexity index is 931. The van der Waals surface area contributed by atoms with Crippen LogP contribution in [0.1, 0.15) is 61.5 Å². The summed E-state index contributed by atoms with van der Waals surface area (Å²) >= 11 is 0. The van der Waals surface area contributed by atoms with Crippen LogP contribution in [0.5, 0.6) is 0 Å². The predicted molar refractivity (Wildman–Crippen MR) is 135 cm³/mol. The van der Waals surface area contributed by atoms with Crippen molar-refractivity contribution >= 4 is 17.6 Å². The molecule has 2 aliphatic rings. The number of ether oxygens (including phenoxy) is 1. The predicted octanol–water partition coefficient (Wildman–Crippen LogP) is 4.42. The SMILES string of the molecule is CCOC(=O)C1CCN(C2CCN(c3ccc(C(=O)NC(C)c4ccccc4)cc3)CC2)CC1. The molecule has 0 aliphatic carbocycles. The van der Waals surface area contributed by atoms with Gasteiger partial charge in [0.05, 0.1) is 18.6 Å². The summed E-state index contributed by atoms with van der Waals surface area (Å²) in [7, 11) is 0. The van der Waals surface area contributed by atoms with Crippen LogP contribution in [0, 0.1) is 5.92 Å². The van der Waals surface area contributed by atoms with E-state index in [0.29, 0.717) is 18.2 Å². The Hall–Kier alpha value is -2.86. The number of likely N-dealkylation sites (tertiary alicyclic amines) is 1. The molecule has 2 fully saturated rings. The molecular formula is C28H37N3O3. The molecule has 4 rings (SSSR count). The number of carbonyl (C=O) groups is 2. The third-order valence-corrected chi connectivity index (χ3v) is 7.27. The van der Waals surface area contributed by atoms with Crippen molar-refractivity contribution in [2.24, 2.45) is 5.92 Å². The maximum atomic E-state index is 12.7. The molecule has 2 aromatic rings. The summed E-state index contributed by atoms with van der Waals surface area (Å²) in [5, 5.41) is 3.08. The largest absolute Gasteiger partial charge is 0.466 e. The molecule has 2 aliphatic heterocycles. The average Bonchev–Trinajstić information content (AvgIpc) is 2.89. The molecule has 0 aromatic heterocycles. The van der Waals surface area contributed by atoms with E-state index in [9.17, 15) is 9.59 Å². The van der Waals surface area contributed by atoms with Gasteiger partial charge in [-0.25, -0.2) is 0 Å². The fourth-order valence-electron chi connectivity index (χ4n) is 5.18. The molecule has 2 heterocycles. The number of rotatable bonds is 7. The van der Waals surface area contributed by atoms with E-state index in [0.717, 1.165) is 57.4 Å². The zero-order valence-corrected chi connectivity index (χ0v) is 20.4. The number of piperidine rings is 2. The van der Waals surface area contributed by atoms with Crippen LogP contribution in [-0.4, -0.2) is 55.6 Å². The van der Waals surface area contributed by atoms with Crippen molar-refractivity contribution in [2.45, 2.75) is 51.6 Å². The highest BCUT2D eigenvalue weighted by molar-refractivity contribution is 5.94. The van der Waals surface area contributed by atoms with Crippen LogP contribution in [0.3, 0.4) is 0 Å². The minimum absolute atomic E-state index is 0.0244. The summed E-state index contributed by atoms with van der Waals surface area (Å²) in [6.07, 6.45) is 4.07. The third-order valence-electron chi connectivity index (χ3n) is 7.27. The second kappa shape index (κ2) is 11.5. The van der Waals surface area contributed by atoms with E-state index >= 15 is 0 Å². The summed E-state index contributed by atoms with van der Waals surface area (Å²) in [5.41, 5.74) is 2.96. The van der Waals surface area contributed by atoms with Crippen molar-refractivity contribution in [1.29, 1.82) is 0 Å². The van der Waals surface area contributed by atoms with Gasteiger partial charge in [-0.05, 0) is 82.4 Å². The lowest BCUT2D eigenvalue weighted by Gasteiger charge is -2.42. The number of hydrogen-bond donors (Lipinski definition) is 1. The normalized spacial score (nSPS) is 18.9. The van der Waals surface area contributed by atoms with E-state index in [1.807, 2.05) is 56.3 Å². The van der Waals surface area contributed by atoms with E-state index in [1.54, 1.807) is 0 Å². The molecule has 6 nitrogen and oxygen atoms in total. The maximum absolute atomic E-state index is 12.7. The number of hydrogen-bond acceptors (Lipinski definition) is 5. The van der Waals surface area contributed by atoms with Crippen LogP contribution in [0.2, 0.25) is 0 Å². The lowest BCUT2D eigenvalue weighted by Crippen LogP contribution is -2.48. The molecule has 1 unspecified atom stereocenters. The molecule has 0 radical (unpaired) electrons. The van der Waals surface area contributed by atoms with E-state index in [-0.39, 0.29) is 23.8 Å². The molecule has 1 amide bonds. The van der Waals surface area contributed by atoms with Crippen LogP contribution in [0.25, 0.3) is 0 Å². The summed E-state index contributed by atoms with van der Waals surface area (Å²) in [6.45, 7) is 8.34. The molecule has 1 atom stereocenters. The van der Waals surface area contributed by atoms with Gasteiger partial charge in [0.1, 0.15) is 0 Å². The van der Waals surface area contributed by atoms with Crippen molar-refractivity contribution < 1.29 is 14.3 Å². The van der Waals surface area contributed by atoms with Crippen molar-refractivity contribution in [3.05, 3.63) is 65.7 Å². The summed E-state index contributed by atoms with van der Waals surface area (Å²) in [6, 6.07) is 18.5. The van der Waals surface area contributed by atoms with Gasteiger partial charge in [0.15, 0.2) is 0 Å². The number of nitrogens with one attached hydrogen (secondary N) is 1. The van der Waals surface area contributed by atoms with E-state index < -0.39 is 0 Å². The van der Waals surface area contributed by atoms with Crippen LogP contribution in [0.4, 0.5) is 5.69 Å².